The normalized spacial score (nSPS) is 19.8. The lowest BCUT2D eigenvalue weighted by atomic mass is 10.1. The van der Waals surface area contributed by atoms with Crippen LogP contribution in [0.2, 0.25) is 5.02 Å². The van der Waals surface area contributed by atoms with Crippen LogP contribution in [-0.2, 0) is 9.63 Å². The fraction of sp³-hybridized carbons (Fsp3) is 0.222. The van der Waals surface area contributed by atoms with Crippen LogP contribution in [-0.4, -0.2) is 11.8 Å². The zero-order valence-electron chi connectivity index (χ0n) is 13.2. The SMILES string of the molecule is Cc1c(N)cccc1/C(N)=N/OC(=O)C1CC1c1ccc(Cl)cc1. The van der Waals surface area contributed by atoms with Gasteiger partial charge in [-0.05, 0) is 48.6 Å². The summed E-state index contributed by atoms with van der Waals surface area (Å²) in [6.07, 6.45) is 0.743. The maximum atomic E-state index is 12.1. The number of nitrogen functional groups attached to an aromatic ring is 1. The molecule has 0 heterocycles. The molecule has 0 saturated heterocycles. The number of carbonyl (C=O) groups is 1. The fourth-order valence-electron chi connectivity index (χ4n) is 2.68. The molecule has 0 amide bonds. The van der Waals surface area contributed by atoms with Crippen LogP contribution in [0.1, 0.15) is 29.0 Å². The molecule has 2 aromatic carbocycles. The molecule has 0 aliphatic heterocycles. The van der Waals surface area contributed by atoms with Crippen LogP contribution >= 0.6 is 11.6 Å². The molecule has 3 rings (SSSR count). The average Bonchev–Trinajstić information content (AvgIpc) is 3.36. The van der Waals surface area contributed by atoms with E-state index in [0.717, 1.165) is 17.5 Å². The van der Waals surface area contributed by atoms with Crippen molar-refractivity contribution in [1.82, 2.24) is 0 Å². The van der Waals surface area contributed by atoms with Gasteiger partial charge in [-0.1, -0.05) is 41.0 Å². The molecule has 1 fully saturated rings. The lowest BCUT2D eigenvalue weighted by Crippen LogP contribution is -2.17. The molecular weight excluding hydrogens is 326 g/mol. The van der Waals surface area contributed by atoms with Crippen molar-refractivity contribution < 1.29 is 9.63 Å². The first kappa shape index (κ1) is 16.3. The van der Waals surface area contributed by atoms with Crippen molar-refractivity contribution in [1.29, 1.82) is 0 Å². The third-order valence-electron chi connectivity index (χ3n) is 4.28. The van der Waals surface area contributed by atoms with Crippen LogP contribution in [0.25, 0.3) is 0 Å². The molecular formula is C18H18ClN3O2. The summed E-state index contributed by atoms with van der Waals surface area (Å²) in [5.74, 6) is -0.277. The van der Waals surface area contributed by atoms with Crippen molar-refractivity contribution in [3.05, 3.63) is 64.2 Å². The van der Waals surface area contributed by atoms with Gasteiger partial charge in [-0.3, -0.25) is 0 Å². The minimum absolute atomic E-state index is 0.136. The van der Waals surface area contributed by atoms with Crippen LogP contribution in [0.3, 0.4) is 0 Å². The highest BCUT2D eigenvalue weighted by molar-refractivity contribution is 6.30. The van der Waals surface area contributed by atoms with Crippen LogP contribution in [0.4, 0.5) is 5.69 Å². The molecule has 0 bridgehead atoms. The van der Waals surface area contributed by atoms with E-state index in [0.29, 0.717) is 16.3 Å². The number of hydrogen-bond acceptors (Lipinski definition) is 4. The van der Waals surface area contributed by atoms with E-state index in [2.05, 4.69) is 5.16 Å². The zero-order valence-corrected chi connectivity index (χ0v) is 14.0. The van der Waals surface area contributed by atoms with Gasteiger partial charge in [0.25, 0.3) is 0 Å². The molecule has 1 aliphatic carbocycles. The van der Waals surface area contributed by atoms with Gasteiger partial charge < -0.3 is 16.3 Å². The first-order valence-corrected chi connectivity index (χ1v) is 8.00. The zero-order chi connectivity index (χ0) is 17.3. The van der Waals surface area contributed by atoms with Crippen molar-refractivity contribution in [2.24, 2.45) is 16.8 Å². The predicted molar refractivity (Wildman–Crippen MR) is 94.7 cm³/mol. The number of benzene rings is 2. The standard InChI is InChI=1S/C18H18ClN3O2/c1-10-13(3-2-4-16(10)20)17(21)22-24-18(23)15-9-14(15)11-5-7-12(19)8-6-11/h2-8,14-15H,9,20H2,1H3,(H2,21,22). The molecule has 6 heteroatoms. The maximum absolute atomic E-state index is 12.1. The Hall–Kier alpha value is -2.53. The van der Waals surface area contributed by atoms with E-state index in [1.807, 2.05) is 31.2 Å². The Labute approximate surface area is 145 Å². The second kappa shape index (κ2) is 6.53. The van der Waals surface area contributed by atoms with Crippen molar-refractivity contribution >= 4 is 29.1 Å². The summed E-state index contributed by atoms with van der Waals surface area (Å²) in [6, 6.07) is 12.8. The fourth-order valence-corrected chi connectivity index (χ4v) is 2.80. The number of nitrogens with zero attached hydrogens (tertiary/aromatic N) is 1. The lowest BCUT2D eigenvalue weighted by molar-refractivity contribution is -0.145. The summed E-state index contributed by atoms with van der Waals surface area (Å²) in [7, 11) is 0. The summed E-state index contributed by atoms with van der Waals surface area (Å²) < 4.78 is 0. The summed E-state index contributed by atoms with van der Waals surface area (Å²) in [4.78, 5) is 17.1. The Bertz CT molecular complexity index is 802. The predicted octanol–water partition coefficient (Wildman–Crippen LogP) is 3.20. The van der Waals surface area contributed by atoms with Gasteiger partial charge in [-0.15, -0.1) is 0 Å². The van der Waals surface area contributed by atoms with Gasteiger partial charge in [0.2, 0.25) is 0 Å². The van der Waals surface area contributed by atoms with Gasteiger partial charge in [0.05, 0.1) is 5.92 Å². The van der Waals surface area contributed by atoms with Gasteiger partial charge in [-0.25, -0.2) is 4.79 Å². The first-order chi connectivity index (χ1) is 11.5. The third kappa shape index (κ3) is 3.36. The summed E-state index contributed by atoms with van der Waals surface area (Å²) in [5, 5.41) is 4.44. The molecule has 4 N–H and O–H groups in total. The smallest absolute Gasteiger partial charge is 0.338 e. The van der Waals surface area contributed by atoms with Crippen LogP contribution < -0.4 is 11.5 Å². The Balaban J connectivity index is 1.64. The van der Waals surface area contributed by atoms with E-state index in [1.165, 1.54) is 0 Å². The molecule has 2 atom stereocenters. The van der Waals surface area contributed by atoms with Crippen molar-refractivity contribution in [2.45, 2.75) is 19.3 Å². The molecule has 2 aromatic rings. The molecule has 124 valence electrons. The summed E-state index contributed by atoms with van der Waals surface area (Å²) in [5.41, 5.74) is 14.9. The van der Waals surface area contributed by atoms with E-state index in [9.17, 15) is 4.79 Å². The number of oxime groups is 1. The third-order valence-corrected chi connectivity index (χ3v) is 4.53. The van der Waals surface area contributed by atoms with Gasteiger partial charge in [-0.2, -0.15) is 0 Å². The maximum Gasteiger partial charge on any atom is 0.338 e. The quantitative estimate of drug-likeness (QED) is 0.293. The highest BCUT2D eigenvalue weighted by Gasteiger charge is 2.45. The number of anilines is 1. The molecule has 5 nitrogen and oxygen atoms in total. The molecule has 0 aromatic heterocycles. The Kier molecular flexibility index (Phi) is 4.44. The second-order valence-corrected chi connectivity index (χ2v) is 6.34. The number of nitrogens with two attached hydrogens (primary N) is 2. The average molecular weight is 344 g/mol. The van der Waals surface area contributed by atoms with E-state index in [1.54, 1.807) is 18.2 Å². The van der Waals surface area contributed by atoms with Gasteiger partial charge in [0, 0.05) is 16.3 Å². The van der Waals surface area contributed by atoms with Crippen molar-refractivity contribution in [3.8, 4) is 0 Å². The van der Waals surface area contributed by atoms with Crippen LogP contribution in [0, 0.1) is 12.8 Å². The molecule has 24 heavy (non-hydrogen) atoms. The molecule has 0 radical (unpaired) electrons. The van der Waals surface area contributed by atoms with E-state index < -0.39 is 0 Å². The van der Waals surface area contributed by atoms with Crippen LogP contribution in [0.5, 0.6) is 0 Å². The highest BCUT2D eigenvalue weighted by atomic mass is 35.5. The van der Waals surface area contributed by atoms with Gasteiger partial charge in [0.15, 0.2) is 5.84 Å². The summed E-state index contributed by atoms with van der Waals surface area (Å²) >= 11 is 5.87. The van der Waals surface area contributed by atoms with E-state index in [4.69, 9.17) is 27.9 Å². The minimum Gasteiger partial charge on any atom is -0.398 e. The van der Waals surface area contributed by atoms with Gasteiger partial charge >= 0.3 is 5.97 Å². The number of rotatable bonds is 4. The Morgan fingerprint density at radius 3 is 2.67 bits per heavy atom. The van der Waals surface area contributed by atoms with Gasteiger partial charge in [0.1, 0.15) is 0 Å². The molecule has 1 saturated carbocycles. The van der Waals surface area contributed by atoms with E-state index in [-0.39, 0.29) is 23.6 Å². The van der Waals surface area contributed by atoms with Crippen molar-refractivity contribution in [3.63, 3.8) is 0 Å². The number of amidine groups is 1. The Morgan fingerprint density at radius 2 is 1.96 bits per heavy atom. The first-order valence-electron chi connectivity index (χ1n) is 7.62. The minimum atomic E-state index is -0.376. The number of hydrogen-bond donors (Lipinski definition) is 2. The highest BCUT2D eigenvalue weighted by Crippen LogP contribution is 2.48. The molecule has 1 aliphatic rings. The summed E-state index contributed by atoms with van der Waals surface area (Å²) in [6.45, 7) is 1.84. The topological polar surface area (TPSA) is 90.7 Å². The molecule has 2 unspecified atom stereocenters. The lowest BCUT2D eigenvalue weighted by Gasteiger charge is -2.07. The number of carbonyl (C=O) groups excluding carboxylic acids is 1. The van der Waals surface area contributed by atoms with Crippen LogP contribution in [0.15, 0.2) is 47.6 Å². The second-order valence-electron chi connectivity index (χ2n) is 5.91. The monoisotopic (exact) mass is 343 g/mol. The van der Waals surface area contributed by atoms with Crippen molar-refractivity contribution in [2.75, 3.05) is 5.73 Å². The van der Waals surface area contributed by atoms with E-state index >= 15 is 0 Å². The number of halogens is 1. The Morgan fingerprint density at radius 1 is 1.25 bits per heavy atom. The molecule has 0 spiro atoms. The largest absolute Gasteiger partial charge is 0.398 e.